The molecule has 0 fully saturated rings. The second kappa shape index (κ2) is 6.15. The smallest absolute Gasteiger partial charge is 0.150 e. The summed E-state index contributed by atoms with van der Waals surface area (Å²) in [5.41, 5.74) is 6.96. The van der Waals surface area contributed by atoms with Gasteiger partial charge in [0.25, 0.3) is 0 Å². The van der Waals surface area contributed by atoms with Crippen molar-refractivity contribution in [1.29, 1.82) is 5.26 Å². The van der Waals surface area contributed by atoms with Gasteiger partial charge in [0.05, 0.1) is 6.04 Å². The second-order valence-electron chi connectivity index (χ2n) is 4.95. The average Bonchev–Trinajstić information content (AvgIpc) is 3.06. The Hall–Kier alpha value is -3.40. The van der Waals surface area contributed by atoms with Gasteiger partial charge in [0.2, 0.25) is 0 Å². The van der Waals surface area contributed by atoms with Gasteiger partial charge < -0.3 is 15.6 Å². The molecule has 2 heterocycles. The zero-order valence-electron chi connectivity index (χ0n) is 12.5. The molecule has 0 aliphatic carbocycles. The van der Waals surface area contributed by atoms with Crippen LogP contribution in [0.25, 0.3) is 5.69 Å². The Bertz CT molecular complexity index is 848. The molecule has 1 atom stereocenters. The summed E-state index contributed by atoms with van der Waals surface area (Å²) in [6.07, 6.45) is 4.96. The molecule has 0 saturated carbocycles. The number of imidazole rings is 1. The third-order valence-electron chi connectivity index (χ3n) is 3.43. The van der Waals surface area contributed by atoms with Crippen LogP contribution in [0.2, 0.25) is 0 Å². The van der Waals surface area contributed by atoms with Gasteiger partial charge in [-0.05, 0) is 19.1 Å². The quantitative estimate of drug-likeness (QED) is 0.766. The topological polar surface area (TPSA) is 105 Å². The minimum absolute atomic E-state index is 0.156. The third-order valence-corrected chi connectivity index (χ3v) is 3.43. The van der Waals surface area contributed by atoms with Gasteiger partial charge in [0.1, 0.15) is 35.4 Å². The van der Waals surface area contributed by atoms with Crippen LogP contribution < -0.4 is 11.1 Å². The van der Waals surface area contributed by atoms with Gasteiger partial charge in [0.15, 0.2) is 0 Å². The number of hydrogen-bond donors (Lipinski definition) is 2. The number of anilines is 2. The van der Waals surface area contributed by atoms with Gasteiger partial charge in [-0.2, -0.15) is 5.26 Å². The summed E-state index contributed by atoms with van der Waals surface area (Å²) in [4.78, 5) is 12.3. The van der Waals surface area contributed by atoms with Crippen LogP contribution in [0, 0.1) is 11.3 Å². The fourth-order valence-electron chi connectivity index (χ4n) is 2.33. The first kappa shape index (κ1) is 14.5. The fourth-order valence-corrected chi connectivity index (χ4v) is 2.33. The molecule has 23 heavy (non-hydrogen) atoms. The zero-order chi connectivity index (χ0) is 16.2. The highest BCUT2D eigenvalue weighted by molar-refractivity contribution is 5.62. The lowest BCUT2D eigenvalue weighted by molar-refractivity contribution is 0.760. The van der Waals surface area contributed by atoms with E-state index in [-0.39, 0.29) is 17.4 Å². The number of nitrogens with zero attached hydrogens (tertiary/aromatic N) is 5. The molecule has 0 bridgehead atoms. The van der Waals surface area contributed by atoms with E-state index in [2.05, 4.69) is 20.3 Å². The Morgan fingerprint density at radius 1 is 1.22 bits per heavy atom. The minimum Gasteiger partial charge on any atom is -0.382 e. The molecule has 0 amide bonds. The number of nitrogen functional groups attached to an aromatic ring is 1. The van der Waals surface area contributed by atoms with Crippen LogP contribution in [-0.4, -0.2) is 19.5 Å². The Labute approximate surface area is 133 Å². The van der Waals surface area contributed by atoms with Gasteiger partial charge in [0, 0.05) is 18.1 Å². The van der Waals surface area contributed by atoms with E-state index in [4.69, 9.17) is 5.73 Å². The number of nitrogens with one attached hydrogen (secondary N) is 1. The normalized spacial score (nSPS) is 11.7. The summed E-state index contributed by atoms with van der Waals surface area (Å²) in [6, 6.07) is 11.7. The zero-order valence-corrected chi connectivity index (χ0v) is 12.5. The summed E-state index contributed by atoms with van der Waals surface area (Å²) >= 11 is 0. The van der Waals surface area contributed by atoms with Crippen molar-refractivity contribution >= 4 is 11.6 Å². The molecular weight excluding hydrogens is 290 g/mol. The maximum Gasteiger partial charge on any atom is 0.150 e. The lowest BCUT2D eigenvalue weighted by Crippen LogP contribution is -2.15. The Morgan fingerprint density at radius 2 is 2.00 bits per heavy atom. The maximum absolute atomic E-state index is 9.20. The second-order valence-corrected chi connectivity index (χ2v) is 4.95. The average molecular weight is 305 g/mol. The number of benzene rings is 1. The summed E-state index contributed by atoms with van der Waals surface area (Å²) < 4.78 is 1.98. The number of aromatic nitrogens is 4. The van der Waals surface area contributed by atoms with E-state index in [1.165, 1.54) is 6.33 Å². The first-order valence-corrected chi connectivity index (χ1v) is 7.06. The van der Waals surface area contributed by atoms with Gasteiger partial charge in [-0.1, -0.05) is 18.2 Å². The van der Waals surface area contributed by atoms with Crippen molar-refractivity contribution in [3.63, 3.8) is 0 Å². The number of para-hydroxylation sites is 1. The van der Waals surface area contributed by atoms with Crippen molar-refractivity contribution in [1.82, 2.24) is 19.5 Å². The van der Waals surface area contributed by atoms with Gasteiger partial charge in [-0.25, -0.2) is 15.0 Å². The van der Waals surface area contributed by atoms with E-state index in [0.29, 0.717) is 5.82 Å². The lowest BCUT2D eigenvalue weighted by Gasteiger charge is -2.17. The molecular formula is C16H15N7. The predicted octanol–water partition coefficient (Wildman–Crippen LogP) is 2.29. The van der Waals surface area contributed by atoms with Crippen molar-refractivity contribution in [2.45, 2.75) is 13.0 Å². The van der Waals surface area contributed by atoms with Crippen LogP contribution in [-0.2, 0) is 0 Å². The van der Waals surface area contributed by atoms with Crippen LogP contribution in [0.3, 0.4) is 0 Å². The Morgan fingerprint density at radius 3 is 2.74 bits per heavy atom. The molecule has 3 aromatic rings. The molecule has 0 radical (unpaired) electrons. The summed E-state index contributed by atoms with van der Waals surface area (Å²) in [5.74, 6) is 1.36. The highest BCUT2D eigenvalue weighted by Crippen LogP contribution is 2.23. The number of rotatable bonds is 4. The maximum atomic E-state index is 9.20. The number of nitriles is 1. The minimum atomic E-state index is -0.174. The fraction of sp³-hybridized carbons (Fsp3) is 0.125. The van der Waals surface area contributed by atoms with E-state index in [0.717, 1.165) is 11.5 Å². The number of hydrogen-bond acceptors (Lipinski definition) is 6. The summed E-state index contributed by atoms with van der Waals surface area (Å²) in [6.45, 7) is 1.95. The predicted molar refractivity (Wildman–Crippen MR) is 86.8 cm³/mol. The lowest BCUT2D eigenvalue weighted by atomic mass is 10.2. The van der Waals surface area contributed by atoms with Crippen molar-refractivity contribution < 1.29 is 0 Å². The molecule has 0 spiro atoms. The number of nitrogens with two attached hydrogens (primary N) is 1. The summed E-state index contributed by atoms with van der Waals surface area (Å²) in [7, 11) is 0. The molecule has 1 aromatic carbocycles. The Balaban J connectivity index is 1.92. The van der Waals surface area contributed by atoms with Crippen molar-refractivity contribution in [3.05, 3.63) is 60.4 Å². The monoisotopic (exact) mass is 305 g/mol. The highest BCUT2D eigenvalue weighted by Gasteiger charge is 2.16. The van der Waals surface area contributed by atoms with E-state index < -0.39 is 0 Å². The van der Waals surface area contributed by atoms with Gasteiger partial charge in [-0.3, -0.25) is 0 Å². The van der Waals surface area contributed by atoms with Crippen LogP contribution >= 0.6 is 0 Å². The van der Waals surface area contributed by atoms with E-state index in [1.54, 1.807) is 6.20 Å². The Kier molecular flexibility index (Phi) is 3.89. The standard InChI is InChI=1S/C16H15N7/c1-11(22-15-13(9-17)14(18)20-10-21-15)16-19-7-8-23(16)12-5-3-2-4-6-12/h2-8,10-11H,1H3,(H3,18,20,21,22). The van der Waals surface area contributed by atoms with Gasteiger partial charge >= 0.3 is 0 Å². The summed E-state index contributed by atoms with van der Waals surface area (Å²) in [5, 5.41) is 12.4. The molecule has 0 aliphatic rings. The van der Waals surface area contributed by atoms with E-state index >= 15 is 0 Å². The van der Waals surface area contributed by atoms with Crippen molar-refractivity contribution in [3.8, 4) is 11.8 Å². The van der Waals surface area contributed by atoms with Crippen LogP contribution in [0.1, 0.15) is 24.4 Å². The van der Waals surface area contributed by atoms with Crippen molar-refractivity contribution in [2.24, 2.45) is 0 Å². The SMILES string of the molecule is CC(Nc1ncnc(N)c1C#N)c1nccn1-c1ccccc1. The molecule has 2 aromatic heterocycles. The molecule has 0 saturated heterocycles. The molecule has 3 N–H and O–H groups in total. The van der Waals surface area contributed by atoms with Crippen LogP contribution in [0.5, 0.6) is 0 Å². The molecule has 3 rings (SSSR count). The van der Waals surface area contributed by atoms with Crippen LogP contribution in [0.4, 0.5) is 11.6 Å². The molecule has 0 aliphatic heterocycles. The van der Waals surface area contributed by atoms with Crippen molar-refractivity contribution in [2.75, 3.05) is 11.1 Å². The highest BCUT2D eigenvalue weighted by atomic mass is 15.1. The molecule has 7 heteroatoms. The van der Waals surface area contributed by atoms with Gasteiger partial charge in [-0.15, -0.1) is 0 Å². The first-order chi connectivity index (χ1) is 11.2. The van der Waals surface area contributed by atoms with Crippen LogP contribution in [0.15, 0.2) is 49.1 Å². The molecule has 114 valence electrons. The van der Waals surface area contributed by atoms with E-state index in [1.807, 2.05) is 54.1 Å². The molecule has 1 unspecified atom stereocenters. The first-order valence-electron chi connectivity index (χ1n) is 7.06. The van der Waals surface area contributed by atoms with E-state index in [9.17, 15) is 5.26 Å². The third kappa shape index (κ3) is 2.82. The molecule has 7 nitrogen and oxygen atoms in total. The largest absolute Gasteiger partial charge is 0.382 e.